The van der Waals surface area contributed by atoms with E-state index in [0.29, 0.717) is 6.04 Å². The molecule has 2 saturated heterocycles. The molecule has 0 aromatic heterocycles. The number of rotatable bonds is 4. The predicted octanol–water partition coefficient (Wildman–Crippen LogP) is 2.77. The van der Waals surface area contributed by atoms with E-state index in [0.717, 1.165) is 44.7 Å². The first-order valence-electron chi connectivity index (χ1n) is 9.63. The smallest absolute Gasteiger partial charge is 0.254 e. The maximum Gasteiger partial charge on any atom is 0.254 e. The molecule has 3 aliphatic heterocycles. The Hall–Kier alpha value is -1.55. The van der Waals surface area contributed by atoms with Crippen molar-refractivity contribution in [3.8, 4) is 0 Å². The van der Waals surface area contributed by atoms with Gasteiger partial charge in [-0.05, 0) is 69.3 Å². The zero-order valence-electron chi connectivity index (χ0n) is 14.8. The molecule has 2 fully saturated rings. The van der Waals surface area contributed by atoms with Crippen molar-refractivity contribution in [3.63, 3.8) is 0 Å². The summed E-state index contributed by atoms with van der Waals surface area (Å²) in [7, 11) is 0. The Morgan fingerprint density at radius 1 is 1.04 bits per heavy atom. The minimum Gasteiger partial charge on any atom is -0.372 e. The fourth-order valence-electron chi connectivity index (χ4n) is 4.48. The fourth-order valence-corrected chi connectivity index (χ4v) is 4.48. The van der Waals surface area contributed by atoms with Crippen LogP contribution >= 0.6 is 0 Å². The molecule has 0 spiro atoms. The minimum absolute atomic E-state index is 0.232. The first-order chi connectivity index (χ1) is 11.7. The van der Waals surface area contributed by atoms with Crippen LogP contribution in [0.1, 0.15) is 48.5 Å². The van der Waals surface area contributed by atoms with Gasteiger partial charge in [-0.2, -0.15) is 0 Å². The van der Waals surface area contributed by atoms with Crippen LogP contribution in [0, 0.1) is 0 Å². The number of carbonyl (C=O) groups is 1. The number of hydrogen-bond donors (Lipinski definition) is 0. The Kier molecular flexibility index (Phi) is 4.49. The van der Waals surface area contributed by atoms with Crippen molar-refractivity contribution in [2.75, 3.05) is 44.2 Å². The Morgan fingerprint density at radius 2 is 1.88 bits per heavy atom. The van der Waals surface area contributed by atoms with Crippen molar-refractivity contribution < 1.29 is 4.79 Å². The van der Waals surface area contributed by atoms with Gasteiger partial charge in [0.2, 0.25) is 0 Å². The van der Waals surface area contributed by atoms with Gasteiger partial charge in [0.05, 0.1) is 0 Å². The Bertz CT molecular complexity index is 609. The maximum atomic E-state index is 12.8. The molecular weight excluding hydrogens is 298 g/mol. The molecule has 1 atom stereocenters. The average molecular weight is 327 g/mol. The maximum absolute atomic E-state index is 12.8. The van der Waals surface area contributed by atoms with Crippen LogP contribution in [0.15, 0.2) is 18.2 Å². The molecule has 1 aromatic rings. The van der Waals surface area contributed by atoms with E-state index in [4.69, 9.17) is 0 Å². The Morgan fingerprint density at radius 3 is 2.62 bits per heavy atom. The zero-order chi connectivity index (χ0) is 16.5. The van der Waals surface area contributed by atoms with Gasteiger partial charge in [0.25, 0.3) is 5.91 Å². The largest absolute Gasteiger partial charge is 0.372 e. The van der Waals surface area contributed by atoms with E-state index in [2.05, 4.69) is 39.8 Å². The molecule has 1 aromatic carbocycles. The number of carbonyl (C=O) groups excluding carboxylic acids is 1. The summed E-state index contributed by atoms with van der Waals surface area (Å²) >= 11 is 0. The molecule has 3 aliphatic rings. The zero-order valence-corrected chi connectivity index (χ0v) is 14.8. The van der Waals surface area contributed by atoms with Crippen LogP contribution in [0.2, 0.25) is 0 Å². The molecule has 0 N–H and O–H groups in total. The number of amides is 1. The number of likely N-dealkylation sites (tertiary alicyclic amines) is 1. The van der Waals surface area contributed by atoms with Gasteiger partial charge in [-0.25, -0.2) is 0 Å². The second-order valence-electron chi connectivity index (χ2n) is 7.61. The minimum atomic E-state index is 0.232. The van der Waals surface area contributed by atoms with Gasteiger partial charge in [-0.1, -0.05) is 0 Å². The van der Waals surface area contributed by atoms with E-state index in [1.807, 2.05) is 0 Å². The highest BCUT2D eigenvalue weighted by Crippen LogP contribution is 2.27. The third kappa shape index (κ3) is 3.04. The number of anilines is 1. The predicted molar refractivity (Wildman–Crippen MR) is 97.8 cm³/mol. The van der Waals surface area contributed by atoms with Gasteiger partial charge in [-0.3, -0.25) is 9.69 Å². The summed E-state index contributed by atoms with van der Waals surface area (Å²) in [6.45, 7) is 8.58. The highest BCUT2D eigenvalue weighted by atomic mass is 16.2. The van der Waals surface area contributed by atoms with Gasteiger partial charge < -0.3 is 9.80 Å². The molecule has 3 heterocycles. The van der Waals surface area contributed by atoms with Crippen LogP contribution in [0.4, 0.5) is 5.69 Å². The third-order valence-corrected chi connectivity index (χ3v) is 6.08. The second kappa shape index (κ2) is 6.75. The van der Waals surface area contributed by atoms with E-state index in [9.17, 15) is 4.79 Å². The molecule has 0 saturated carbocycles. The van der Waals surface area contributed by atoms with E-state index in [1.54, 1.807) is 0 Å². The van der Waals surface area contributed by atoms with E-state index < -0.39 is 0 Å². The van der Waals surface area contributed by atoms with Crippen molar-refractivity contribution in [1.82, 2.24) is 9.80 Å². The van der Waals surface area contributed by atoms with Crippen LogP contribution in [-0.2, 0) is 6.42 Å². The molecule has 4 rings (SSSR count). The highest BCUT2D eigenvalue weighted by Gasteiger charge is 2.27. The summed E-state index contributed by atoms with van der Waals surface area (Å²) in [5, 5.41) is 0. The third-order valence-electron chi connectivity index (χ3n) is 6.08. The van der Waals surface area contributed by atoms with Crippen LogP contribution < -0.4 is 4.90 Å². The lowest BCUT2D eigenvalue weighted by Gasteiger charge is -2.32. The molecule has 1 amide bonds. The molecular formula is C20H29N3O. The average Bonchev–Trinajstić information content (AvgIpc) is 3.26. The van der Waals surface area contributed by atoms with Crippen molar-refractivity contribution >= 4 is 11.6 Å². The SMILES string of the molecule is C[C@@H]1CCCN1CCN1CCc2cc(N3CCCC3)ccc2C1=O. The van der Waals surface area contributed by atoms with Crippen LogP contribution in [0.25, 0.3) is 0 Å². The van der Waals surface area contributed by atoms with E-state index >= 15 is 0 Å². The Labute approximate surface area is 145 Å². The monoisotopic (exact) mass is 327 g/mol. The number of nitrogens with zero attached hydrogens (tertiary/aromatic N) is 3. The van der Waals surface area contributed by atoms with Crippen LogP contribution in [0.3, 0.4) is 0 Å². The van der Waals surface area contributed by atoms with Gasteiger partial charge >= 0.3 is 0 Å². The summed E-state index contributed by atoms with van der Waals surface area (Å²) in [6, 6.07) is 7.16. The fraction of sp³-hybridized carbons (Fsp3) is 0.650. The van der Waals surface area contributed by atoms with Crippen molar-refractivity contribution in [3.05, 3.63) is 29.3 Å². The molecule has 0 bridgehead atoms. The summed E-state index contributed by atoms with van der Waals surface area (Å²) in [6.07, 6.45) is 6.18. The molecule has 4 nitrogen and oxygen atoms in total. The highest BCUT2D eigenvalue weighted by molar-refractivity contribution is 5.97. The topological polar surface area (TPSA) is 26.8 Å². The Balaban J connectivity index is 1.42. The first-order valence-corrected chi connectivity index (χ1v) is 9.63. The lowest BCUT2D eigenvalue weighted by atomic mass is 9.98. The molecule has 130 valence electrons. The second-order valence-corrected chi connectivity index (χ2v) is 7.61. The van der Waals surface area contributed by atoms with Crippen molar-refractivity contribution in [1.29, 1.82) is 0 Å². The standard InChI is InChI=1S/C20H29N3O/c1-16-5-4-11-21(16)13-14-23-12-8-17-15-18(22-9-2-3-10-22)6-7-19(17)20(23)24/h6-7,15-16H,2-5,8-14H2,1H3/t16-/m1/s1. The quantitative estimate of drug-likeness (QED) is 0.851. The molecule has 4 heteroatoms. The normalized spacial score (nSPS) is 24.7. The van der Waals surface area contributed by atoms with E-state index in [-0.39, 0.29) is 5.91 Å². The lowest BCUT2D eigenvalue weighted by molar-refractivity contribution is 0.0717. The number of benzene rings is 1. The van der Waals surface area contributed by atoms with Gasteiger partial charge in [0, 0.05) is 50.0 Å². The lowest BCUT2D eigenvalue weighted by Crippen LogP contribution is -2.43. The molecule has 0 unspecified atom stereocenters. The summed E-state index contributed by atoms with van der Waals surface area (Å²) < 4.78 is 0. The molecule has 0 radical (unpaired) electrons. The van der Waals surface area contributed by atoms with Crippen LogP contribution in [0.5, 0.6) is 0 Å². The summed E-state index contributed by atoms with van der Waals surface area (Å²) in [4.78, 5) is 19.9. The first kappa shape index (κ1) is 15.9. The van der Waals surface area contributed by atoms with E-state index in [1.165, 1.54) is 43.5 Å². The van der Waals surface area contributed by atoms with Crippen LogP contribution in [-0.4, -0.2) is 61.0 Å². The van der Waals surface area contributed by atoms with Gasteiger partial charge in [0.15, 0.2) is 0 Å². The van der Waals surface area contributed by atoms with Gasteiger partial charge in [0.1, 0.15) is 0 Å². The molecule has 0 aliphatic carbocycles. The van der Waals surface area contributed by atoms with Crippen molar-refractivity contribution in [2.24, 2.45) is 0 Å². The van der Waals surface area contributed by atoms with Crippen molar-refractivity contribution in [2.45, 2.75) is 45.1 Å². The summed E-state index contributed by atoms with van der Waals surface area (Å²) in [5.74, 6) is 0.232. The molecule has 24 heavy (non-hydrogen) atoms. The van der Waals surface area contributed by atoms with Gasteiger partial charge in [-0.15, -0.1) is 0 Å². The number of fused-ring (bicyclic) bond motifs is 1. The summed E-state index contributed by atoms with van der Waals surface area (Å²) in [5.41, 5.74) is 3.48. The number of hydrogen-bond acceptors (Lipinski definition) is 3.